The number of H-pyrrole nitrogens is 1. The van der Waals surface area contributed by atoms with Crippen LogP contribution in [0.15, 0.2) is 0 Å². The van der Waals surface area contributed by atoms with Crippen molar-refractivity contribution in [1.82, 2.24) is 25.0 Å². The Morgan fingerprint density at radius 2 is 1.82 bits per heavy atom. The Kier molecular flexibility index (Phi) is 5.94. The molecule has 0 aromatic carbocycles. The van der Waals surface area contributed by atoms with E-state index in [1.54, 1.807) is 0 Å². The Balaban J connectivity index is 1.23. The summed E-state index contributed by atoms with van der Waals surface area (Å²) in [4.78, 5) is 33.2. The number of carbonyl (C=O) groups excluding carboxylic acids is 2. The lowest BCUT2D eigenvalue weighted by atomic mass is 9.85. The number of nitrogens with zero attached hydrogens (tertiary/aromatic N) is 4. The van der Waals surface area contributed by atoms with Crippen molar-refractivity contribution in [3.8, 4) is 0 Å². The van der Waals surface area contributed by atoms with Crippen molar-refractivity contribution in [3.63, 3.8) is 0 Å². The summed E-state index contributed by atoms with van der Waals surface area (Å²) in [7, 11) is 0. The van der Waals surface area contributed by atoms with Crippen LogP contribution in [0.4, 0.5) is 0 Å². The van der Waals surface area contributed by atoms with Gasteiger partial charge in [-0.05, 0) is 56.8 Å². The number of amides is 2. The maximum absolute atomic E-state index is 12.6. The second-order valence-corrected chi connectivity index (χ2v) is 8.60. The third-order valence-electron chi connectivity index (χ3n) is 6.28. The molecule has 8 nitrogen and oxygen atoms in total. The summed E-state index contributed by atoms with van der Waals surface area (Å²) in [6, 6.07) is 0. The normalized spacial score (nSPS) is 25.3. The largest absolute Gasteiger partial charge is 0.371 e. The molecule has 0 radical (unpaired) electrons. The first-order chi connectivity index (χ1) is 13.6. The first-order valence-electron chi connectivity index (χ1n) is 10.6. The number of aromatic amines is 1. The topological polar surface area (TPSA) is 91.4 Å². The molecule has 2 atom stereocenters. The van der Waals surface area contributed by atoms with Gasteiger partial charge in [-0.25, -0.2) is 4.98 Å². The molecule has 1 aromatic heterocycles. The van der Waals surface area contributed by atoms with Crippen LogP contribution in [0.2, 0.25) is 0 Å². The molecule has 3 aliphatic rings. The molecule has 4 rings (SSSR count). The van der Waals surface area contributed by atoms with Gasteiger partial charge in [-0.3, -0.25) is 14.7 Å². The molecule has 28 heavy (non-hydrogen) atoms. The summed E-state index contributed by atoms with van der Waals surface area (Å²) in [6.07, 6.45) is 5.93. The zero-order valence-electron chi connectivity index (χ0n) is 16.7. The number of carbonyl (C=O) groups is 2. The van der Waals surface area contributed by atoms with Crippen molar-refractivity contribution in [1.29, 1.82) is 0 Å². The van der Waals surface area contributed by atoms with E-state index in [-0.39, 0.29) is 24.8 Å². The van der Waals surface area contributed by atoms with Gasteiger partial charge < -0.3 is 14.5 Å². The van der Waals surface area contributed by atoms with Crippen LogP contribution < -0.4 is 0 Å². The molecule has 3 fully saturated rings. The average Bonchev–Trinajstić information content (AvgIpc) is 3.22. The molecular formula is C20H31N5O3. The number of nitrogens with one attached hydrogen (secondary N) is 1. The maximum Gasteiger partial charge on any atom is 0.248 e. The molecule has 0 spiro atoms. The summed E-state index contributed by atoms with van der Waals surface area (Å²) < 4.78 is 5.56. The first-order valence-corrected chi connectivity index (χ1v) is 10.6. The summed E-state index contributed by atoms with van der Waals surface area (Å²) >= 11 is 0. The van der Waals surface area contributed by atoms with Crippen molar-refractivity contribution < 1.29 is 14.3 Å². The van der Waals surface area contributed by atoms with E-state index < -0.39 is 0 Å². The number of aromatic nitrogens is 3. The molecule has 1 aromatic rings. The Hall–Kier alpha value is -1.96. The van der Waals surface area contributed by atoms with E-state index >= 15 is 0 Å². The van der Waals surface area contributed by atoms with Gasteiger partial charge in [0.05, 0.1) is 13.0 Å². The Bertz CT molecular complexity index is 702. The number of piperidine rings is 1. The fraction of sp³-hybridized carbons (Fsp3) is 0.800. The summed E-state index contributed by atoms with van der Waals surface area (Å²) in [5.41, 5.74) is 0. The molecule has 1 aliphatic carbocycles. The van der Waals surface area contributed by atoms with Gasteiger partial charge in [-0.15, -0.1) is 0 Å². The van der Waals surface area contributed by atoms with Crippen LogP contribution in [0.3, 0.4) is 0 Å². The number of rotatable bonds is 7. The molecule has 2 aliphatic heterocycles. The van der Waals surface area contributed by atoms with E-state index in [0.29, 0.717) is 23.6 Å². The highest BCUT2D eigenvalue weighted by molar-refractivity contribution is 5.78. The predicted molar refractivity (Wildman–Crippen MR) is 102 cm³/mol. The van der Waals surface area contributed by atoms with E-state index in [4.69, 9.17) is 4.74 Å². The standard InChI is InChI=1S/C20H31N5O3/c1-14-21-18(23-22-14)9-19(26)24-7-2-3-16(10-24)17-6-8-25(11-17)20(27)13-28-12-15-4-5-15/h15-17H,2-13H2,1H3,(H,21,22,23). The van der Waals surface area contributed by atoms with E-state index in [2.05, 4.69) is 15.2 Å². The third kappa shape index (κ3) is 4.90. The monoisotopic (exact) mass is 389 g/mol. The maximum atomic E-state index is 12.6. The van der Waals surface area contributed by atoms with Gasteiger partial charge in [0.15, 0.2) is 5.82 Å². The van der Waals surface area contributed by atoms with Crippen LogP contribution in [0.5, 0.6) is 0 Å². The molecule has 1 saturated carbocycles. The van der Waals surface area contributed by atoms with Crippen LogP contribution in [0.1, 0.15) is 43.8 Å². The first kappa shape index (κ1) is 19.4. The lowest BCUT2D eigenvalue weighted by molar-refractivity contribution is -0.136. The minimum Gasteiger partial charge on any atom is -0.371 e. The highest BCUT2D eigenvalue weighted by atomic mass is 16.5. The Morgan fingerprint density at radius 1 is 1.07 bits per heavy atom. The third-order valence-corrected chi connectivity index (χ3v) is 6.28. The van der Waals surface area contributed by atoms with Crippen LogP contribution >= 0.6 is 0 Å². The fourth-order valence-electron chi connectivity index (χ4n) is 4.42. The van der Waals surface area contributed by atoms with E-state index in [1.807, 2.05) is 16.7 Å². The number of hydrogen-bond donors (Lipinski definition) is 1. The fourth-order valence-corrected chi connectivity index (χ4v) is 4.42. The quantitative estimate of drug-likeness (QED) is 0.756. The lowest BCUT2D eigenvalue weighted by Crippen LogP contribution is -2.43. The van der Waals surface area contributed by atoms with Gasteiger partial charge in [0.1, 0.15) is 12.4 Å². The smallest absolute Gasteiger partial charge is 0.248 e. The predicted octanol–water partition coefficient (Wildman–Crippen LogP) is 1.17. The Morgan fingerprint density at radius 3 is 2.54 bits per heavy atom. The van der Waals surface area contributed by atoms with Gasteiger partial charge in [0.2, 0.25) is 11.8 Å². The minimum absolute atomic E-state index is 0.100. The highest BCUT2D eigenvalue weighted by Gasteiger charge is 2.35. The molecule has 2 saturated heterocycles. The van der Waals surface area contributed by atoms with Gasteiger partial charge >= 0.3 is 0 Å². The summed E-state index contributed by atoms with van der Waals surface area (Å²) in [5, 5.41) is 6.87. The molecule has 2 amide bonds. The molecule has 2 unspecified atom stereocenters. The number of ether oxygens (including phenoxy) is 1. The van der Waals surface area contributed by atoms with Gasteiger partial charge in [-0.1, -0.05) is 0 Å². The average molecular weight is 390 g/mol. The SMILES string of the molecule is Cc1nc(CC(=O)N2CCCC(C3CCN(C(=O)COCC4CC4)C3)C2)n[nH]1. The molecule has 8 heteroatoms. The second-order valence-electron chi connectivity index (χ2n) is 8.60. The Labute approximate surface area is 166 Å². The van der Waals surface area contributed by atoms with E-state index in [9.17, 15) is 9.59 Å². The van der Waals surface area contributed by atoms with Gasteiger partial charge in [0, 0.05) is 26.2 Å². The van der Waals surface area contributed by atoms with Crippen molar-refractivity contribution in [2.45, 2.75) is 45.4 Å². The number of hydrogen-bond acceptors (Lipinski definition) is 5. The van der Waals surface area contributed by atoms with Gasteiger partial charge in [0.25, 0.3) is 0 Å². The van der Waals surface area contributed by atoms with Crippen molar-refractivity contribution in [2.75, 3.05) is 39.4 Å². The van der Waals surface area contributed by atoms with Crippen LogP contribution in [-0.4, -0.2) is 76.2 Å². The van der Waals surface area contributed by atoms with Crippen molar-refractivity contribution in [3.05, 3.63) is 11.6 Å². The van der Waals surface area contributed by atoms with Gasteiger partial charge in [-0.2, -0.15) is 5.10 Å². The molecule has 3 heterocycles. The van der Waals surface area contributed by atoms with E-state index in [1.165, 1.54) is 12.8 Å². The van der Waals surface area contributed by atoms with Crippen molar-refractivity contribution in [2.24, 2.45) is 17.8 Å². The van der Waals surface area contributed by atoms with E-state index in [0.717, 1.165) is 57.9 Å². The highest BCUT2D eigenvalue weighted by Crippen LogP contribution is 2.31. The van der Waals surface area contributed by atoms with Crippen LogP contribution in [-0.2, 0) is 20.7 Å². The second kappa shape index (κ2) is 8.59. The summed E-state index contributed by atoms with van der Waals surface area (Å²) in [6.45, 7) is 6.00. The minimum atomic E-state index is 0.100. The number of aryl methyl sites for hydroxylation is 1. The zero-order chi connectivity index (χ0) is 19.5. The van der Waals surface area contributed by atoms with Crippen LogP contribution in [0, 0.1) is 24.7 Å². The molecule has 154 valence electrons. The molecular weight excluding hydrogens is 358 g/mol. The number of likely N-dealkylation sites (tertiary alicyclic amines) is 2. The summed E-state index contributed by atoms with van der Waals surface area (Å²) in [5.74, 6) is 3.15. The molecule has 1 N–H and O–H groups in total. The molecule has 0 bridgehead atoms. The zero-order valence-corrected chi connectivity index (χ0v) is 16.7. The van der Waals surface area contributed by atoms with Crippen LogP contribution in [0.25, 0.3) is 0 Å². The van der Waals surface area contributed by atoms with Crippen molar-refractivity contribution >= 4 is 11.8 Å². The lowest BCUT2D eigenvalue weighted by Gasteiger charge is -2.35.